The van der Waals surface area contributed by atoms with Crippen LogP contribution in [-0.2, 0) is 34.4 Å². The molecule has 1 aromatic heterocycles. The van der Waals surface area contributed by atoms with Gasteiger partial charge in [0.25, 0.3) is 0 Å². The van der Waals surface area contributed by atoms with Gasteiger partial charge in [0.1, 0.15) is 0 Å². The SMILES string of the molecule is CCCCCCCCn1c(C(F)(F)F)[n+](C)c2ccccc21.COS(=O)(=O)[O-]. The lowest BCUT2D eigenvalue weighted by Gasteiger charge is -2.06. The summed E-state index contributed by atoms with van der Waals surface area (Å²) in [6, 6.07) is 7.07. The third-order valence-electron chi connectivity index (χ3n) is 4.30. The van der Waals surface area contributed by atoms with E-state index in [2.05, 4.69) is 11.1 Å². The van der Waals surface area contributed by atoms with E-state index in [0.29, 0.717) is 17.6 Å². The van der Waals surface area contributed by atoms with Crippen molar-refractivity contribution in [3.05, 3.63) is 30.1 Å². The molecule has 2 aromatic rings. The van der Waals surface area contributed by atoms with Crippen LogP contribution in [0.5, 0.6) is 0 Å². The molecule has 2 rings (SSSR count). The van der Waals surface area contributed by atoms with Crippen LogP contribution >= 0.6 is 0 Å². The number of hydrogen-bond acceptors (Lipinski definition) is 4. The number of halogens is 3. The minimum Gasteiger partial charge on any atom is -0.726 e. The molecule has 0 radical (unpaired) electrons. The second-order valence-corrected chi connectivity index (χ2v) is 7.51. The molecule has 0 aliphatic rings. The molecule has 28 heavy (non-hydrogen) atoms. The Labute approximate surface area is 163 Å². The Morgan fingerprint density at radius 3 is 2.18 bits per heavy atom. The summed E-state index contributed by atoms with van der Waals surface area (Å²) < 4.78 is 73.8. The van der Waals surface area contributed by atoms with E-state index in [1.165, 1.54) is 35.4 Å². The largest absolute Gasteiger partial charge is 0.726 e. The standard InChI is InChI=1S/C17H24F3N2.CH4O4S/c1-3-4-5-6-7-10-13-22-15-12-9-8-11-14(15)21(2)16(22)17(18,19)20;1-5-6(2,3)4/h8-9,11-12H,3-7,10,13H2,1-2H3;1H3,(H,2,3,4)/q+1;/p-1. The molecule has 10 heteroatoms. The predicted molar refractivity (Wildman–Crippen MR) is 98.2 cm³/mol. The lowest BCUT2D eigenvalue weighted by molar-refractivity contribution is -0.667. The van der Waals surface area contributed by atoms with Crippen LogP contribution in [0.15, 0.2) is 24.3 Å². The zero-order chi connectivity index (χ0) is 21.4. The number of aryl methyl sites for hydroxylation is 2. The summed E-state index contributed by atoms with van der Waals surface area (Å²) in [6.07, 6.45) is 2.07. The summed E-state index contributed by atoms with van der Waals surface area (Å²) in [6.45, 7) is 2.57. The second-order valence-electron chi connectivity index (χ2n) is 6.36. The third-order valence-corrected chi connectivity index (χ3v) is 4.71. The van der Waals surface area contributed by atoms with Crippen molar-refractivity contribution in [3.63, 3.8) is 0 Å². The Morgan fingerprint density at radius 1 is 1.11 bits per heavy atom. The van der Waals surface area contributed by atoms with Crippen LogP contribution in [0.4, 0.5) is 13.2 Å². The van der Waals surface area contributed by atoms with Gasteiger partial charge >= 0.3 is 12.0 Å². The first-order chi connectivity index (χ1) is 13.0. The lowest BCUT2D eigenvalue weighted by atomic mass is 10.1. The molecule has 0 aliphatic carbocycles. The van der Waals surface area contributed by atoms with E-state index < -0.39 is 22.4 Å². The Kier molecular flexibility index (Phi) is 9.38. The van der Waals surface area contributed by atoms with Gasteiger partial charge in [-0.1, -0.05) is 44.7 Å². The molecule has 0 bridgehead atoms. The number of rotatable bonds is 8. The molecule has 0 amide bonds. The van der Waals surface area contributed by atoms with Gasteiger partial charge < -0.3 is 4.55 Å². The summed E-state index contributed by atoms with van der Waals surface area (Å²) in [5.41, 5.74) is 1.28. The first-order valence-corrected chi connectivity index (χ1v) is 10.4. The van der Waals surface area contributed by atoms with E-state index in [0.717, 1.165) is 26.4 Å². The zero-order valence-corrected chi connectivity index (χ0v) is 17.1. The summed E-state index contributed by atoms with van der Waals surface area (Å²) in [5.74, 6) is -0.567. The summed E-state index contributed by atoms with van der Waals surface area (Å²) >= 11 is 0. The molecule has 6 nitrogen and oxygen atoms in total. The molecule has 0 saturated heterocycles. The molecule has 0 unspecified atom stereocenters. The van der Waals surface area contributed by atoms with Crippen molar-refractivity contribution in [3.8, 4) is 0 Å². The molecule has 0 aliphatic heterocycles. The summed E-state index contributed by atoms with van der Waals surface area (Å²) in [4.78, 5) is 0. The van der Waals surface area contributed by atoms with Gasteiger partial charge in [-0.3, -0.25) is 4.18 Å². The number of aromatic nitrogens is 2. The summed E-state index contributed by atoms with van der Waals surface area (Å²) in [7, 11) is -2.12. The quantitative estimate of drug-likeness (QED) is 0.278. The number of alkyl halides is 3. The van der Waals surface area contributed by atoms with Gasteiger partial charge in [-0.05, 0) is 25.0 Å². The van der Waals surface area contributed by atoms with Crippen molar-refractivity contribution in [2.45, 2.75) is 58.2 Å². The molecule has 0 spiro atoms. The maximum Gasteiger partial charge on any atom is 0.495 e. The number of imidazole rings is 1. The Hall–Kier alpha value is -1.65. The van der Waals surface area contributed by atoms with Gasteiger partial charge in [0.05, 0.1) is 20.7 Å². The number of para-hydroxylation sites is 2. The zero-order valence-electron chi connectivity index (χ0n) is 16.3. The number of unbranched alkanes of at least 4 members (excludes halogenated alkanes) is 5. The molecule has 160 valence electrons. The van der Waals surface area contributed by atoms with E-state index >= 15 is 0 Å². The number of benzene rings is 1. The van der Waals surface area contributed by atoms with E-state index in [1.807, 2.05) is 0 Å². The normalized spacial score (nSPS) is 12.1. The maximum absolute atomic E-state index is 13.4. The molecule has 0 atom stereocenters. The minimum absolute atomic E-state index is 0.419. The van der Waals surface area contributed by atoms with Crippen LogP contribution in [0.2, 0.25) is 0 Å². The van der Waals surface area contributed by atoms with Crippen LogP contribution in [-0.4, -0.2) is 24.6 Å². The average Bonchev–Trinajstić information content (AvgIpc) is 2.90. The highest BCUT2D eigenvalue weighted by molar-refractivity contribution is 7.80. The van der Waals surface area contributed by atoms with Crippen molar-refractivity contribution in [2.24, 2.45) is 7.05 Å². The van der Waals surface area contributed by atoms with Crippen LogP contribution < -0.4 is 4.57 Å². The fourth-order valence-electron chi connectivity index (χ4n) is 3.01. The molecule has 0 fully saturated rings. The summed E-state index contributed by atoms with van der Waals surface area (Å²) in [5, 5.41) is 0. The second kappa shape index (κ2) is 10.8. The van der Waals surface area contributed by atoms with Gasteiger partial charge in [-0.15, -0.1) is 0 Å². The monoisotopic (exact) mass is 424 g/mol. The van der Waals surface area contributed by atoms with E-state index in [1.54, 1.807) is 24.3 Å². The molecular formula is C18H27F3N2O4S. The maximum atomic E-state index is 13.4. The molecule has 0 N–H and O–H groups in total. The first-order valence-electron chi connectivity index (χ1n) is 9.08. The van der Waals surface area contributed by atoms with Gasteiger partial charge in [0.15, 0.2) is 11.0 Å². The highest BCUT2D eigenvalue weighted by Crippen LogP contribution is 2.30. The first kappa shape index (κ1) is 24.4. The van der Waals surface area contributed by atoms with Crippen LogP contribution in [0.3, 0.4) is 0 Å². The Bertz CT molecular complexity index is 848. The number of nitrogens with zero attached hydrogens (tertiary/aromatic N) is 2. The molecule has 0 saturated carbocycles. The van der Waals surface area contributed by atoms with E-state index in [4.69, 9.17) is 0 Å². The van der Waals surface area contributed by atoms with Crippen LogP contribution in [0.25, 0.3) is 11.0 Å². The highest BCUT2D eigenvalue weighted by Gasteiger charge is 2.45. The smallest absolute Gasteiger partial charge is 0.495 e. The van der Waals surface area contributed by atoms with Crippen molar-refractivity contribution in [1.29, 1.82) is 0 Å². The van der Waals surface area contributed by atoms with Crippen molar-refractivity contribution in [2.75, 3.05) is 7.11 Å². The molecule has 1 heterocycles. The predicted octanol–water partition coefficient (Wildman–Crippen LogP) is 3.94. The van der Waals surface area contributed by atoms with Gasteiger partial charge in [0, 0.05) is 0 Å². The van der Waals surface area contributed by atoms with Gasteiger partial charge in [0.2, 0.25) is 10.4 Å². The van der Waals surface area contributed by atoms with Crippen molar-refractivity contribution < 1.29 is 34.9 Å². The Morgan fingerprint density at radius 2 is 1.64 bits per heavy atom. The molecule has 1 aromatic carbocycles. The lowest BCUT2D eigenvalue weighted by Crippen LogP contribution is -2.38. The van der Waals surface area contributed by atoms with Gasteiger partial charge in [-0.2, -0.15) is 13.2 Å². The highest BCUT2D eigenvalue weighted by atomic mass is 32.3. The van der Waals surface area contributed by atoms with E-state index in [9.17, 15) is 26.1 Å². The number of hydrogen-bond donors (Lipinski definition) is 0. The third kappa shape index (κ3) is 7.40. The van der Waals surface area contributed by atoms with Crippen LogP contribution in [0, 0.1) is 0 Å². The van der Waals surface area contributed by atoms with Crippen molar-refractivity contribution in [1.82, 2.24) is 4.57 Å². The average molecular weight is 424 g/mol. The van der Waals surface area contributed by atoms with Crippen molar-refractivity contribution >= 4 is 21.4 Å². The molecular weight excluding hydrogens is 397 g/mol. The fourth-order valence-corrected chi connectivity index (χ4v) is 3.01. The fraction of sp³-hybridized carbons (Fsp3) is 0.611. The van der Waals surface area contributed by atoms with Gasteiger partial charge in [-0.25, -0.2) is 17.6 Å². The van der Waals surface area contributed by atoms with E-state index in [-0.39, 0.29) is 0 Å². The topological polar surface area (TPSA) is 75.2 Å². The number of fused-ring (bicyclic) bond motifs is 1. The van der Waals surface area contributed by atoms with Crippen LogP contribution in [0.1, 0.15) is 51.3 Å². The Balaban J connectivity index is 0.000000568. The minimum atomic E-state index is -4.41.